The van der Waals surface area contributed by atoms with E-state index in [9.17, 15) is 8.42 Å². The van der Waals surface area contributed by atoms with E-state index in [1.807, 2.05) is 6.92 Å². The normalized spacial score (nSPS) is 11.5. The highest BCUT2D eigenvalue weighted by Crippen LogP contribution is 2.30. The van der Waals surface area contributed by atoms with E-state index in [4.69, 9.17) is 11.6 Å². The van der Waals surface area contributed by atoms with Crippen molar-refractivity contribution in [2.24, 2.45) is 0 Å². The first kappa shape index (κ1) is 13.4. The van der Waals surface area contributed by atoms with Crippen LogP contribution in [0.2, 0.25) is 5.02 Å². The average molecular weight is 351 g/mol. The first-order valence-electron chi connectivity index (χ1n) is 4.88. The van der Waals surface area contributed by atoms with E-state index < -0.39 is 10.0 Å². The van der Waals surface area contributed by atoms with Crippen molar-refractivity contribution in [3.63, 3.8) is 0 Å². The number of hydrogen-bond donors (Lipinski definition) is 2. The predicted octanol–water partition coefficient (Wildman–Crippen LogP) is 2.93. The van der Waals surface area contributed by atoms with Crippen LogP contribution in [0.4, 0.5) is 5.69 Å². The van der Waals surface area contributed by atoms with Crippen LogP contribution in [0, 0.1) is 6.92 Å². The minimum Gasteiger partial charge on any atom is -0.277 e. The Morgan fingerprint density at radius 2 is 2.17 bits per heavy atom. The van der Waals surface area contributed by atoms with E-state index in [2.05, 4.69) is 30.8 Å². The molecule has 1 aromatic carbocycles. The Bertz CT molecular complexity index is 671. The molecule has 0 radical (unpaired) electrons. The Balaban J connectivity index is 2.39. The molecule has 0 atom stereocenters. The number of H-pyrrole nitrogens is 1. The Hall–Kier alpha value is -1.05. The molecular formula is C10H9BrClN3O2S. The first-order valence-corrected chi connectivity index (χ1v) is 7.53. The lowest BCUT2D eigenvalue weighted by molar-refractivity contribution is 0.597. The fourth-order valence-electron chi connectivity index (χ4n) is 1.32. The maximum absolute atomic E-state index is 12.0. The molecule has 0 saturated heterocycles. The number of hydrogen-bond acceptors (Lipinski definition) is 3. The minimum atomic E-state index is -3.68. The van der Waals surface area contributed by atoms with Crippen LogP contribution in [0.1, 0.15) is 5.56 Å². The number of anilines is 1. The molecule has 0 amide bonds. The van der Waals surface area contributed by atoms with E-state index in [-0.39, 0.29) is 5.03 Å². The molecule has 0 fully saturated rings. The van der Waals surface area contributed by atoms with Gasteiger partial charge in [0.2, 0.25) is 0 Å². The van der Waals surface area contributed by atoms with Crippen molar-refractivity contribution < 1.29 is 8.42 Å². The van der Waals surface area contributed by atoms with Gasteiger partial charge in [-0.05, 0) is 46.6 Å². The zero-order valence-corrected chi connectivity index (χ0v) is 12.4. The molecule has 96 valence electrons. The summed E-state index contributed by atoms with van der Waals surface area (Å²) in [6, 6.07) is 4.66. The molecule has 0 aliphatic carbocycles. The van der Waals surface area contributed by atoms with Gasteiger partial charge in [0.15, 0.2) is 5.03 Å². The molecule has 0 bridgehead atoms. The van der Waals surface area contributed by atoms with Crippen LogP contribution in [0.25, 0.3) is 0 Å². The van der Waals surface area contributed by atoms with Gasteiger partial charge in [0.25, 0.3) is 10.0 Å². The SMILES string of the molecule is Cc1cc(Br)c(NS(=O)(=O)c2ccn[nH]2)cc1Cl. The van der Waals surface area contributed by atoms with Crippen molar-refractivity contribution in [1.82, 2.24) is 10.2 Å². The quantitative estimate of drug-likeness (QED) is 0.893. The van der Waals surface area contributed by atoms with Crippen LogP contribution in [-0.4, -0.2) is 18.6 Å². The third kappa shape index (κ3) is 2.68. The van der Waals surface area contributed by atoms with Crippen molar-refractivity contribution in [1.29, 1.82) is 0 Å². The molecule has 0 spiro atoms. The Kier molecular flexibility index (Phi) is 3.65. The number of aryl methyl sites for hydroxylation is 1. The summed E-state index contributed by atoms with van der Waals surface area (Å²) in [5.74, 6) is 0. The summed E-state index contributed by atoms with van der Waals surface area (Å²) in [6.45, 7) is 1.83. The van der Waals surface area contributed by atoms with Crippen molar-refractivity contribution >= 4 is 43.2 Å². The van der Waals surface area contributed by atoms with E-state index in [0.717, 1.165) is 5.56 Å². The summed E-state index contributed by atoms with van der Waals surface area (Å²) in [7, 11) is -3.68. The second-order valence-electron chi connectivity index (χ2n) is 3.61. The molecule has 5 nitrogen and oxygen atoms in total. The van der Waals surface area contributed by atoms with E-state index in [1.165, 1.54) is 12.3 Å². The number of benzene rings is 1. The van der Waals surface area contributed by atoms with Gasteiger partial charge in [0, 0.05) is 9.50 Å². The second kappa shape index (κ2) is 4.91. The monoisotopic (exact) mass is 349 g/mol. The number of rotatable bonds is 3. The molecule has 8 heteroatoms. The lowest BCUT2D eigenvalue weighted by Crippen LogP contribution is -2.13. The Morgan fingerprint density at radius 3 is 2.78 bits per heavy atom. The number of aromatic nitrogens is 2. The zero-order chi connectivity index (χ0) is 13.3. The van der Waals surface area contributed by atoms with Crippen LogP contribution in [0.5, 0.6) is 0 Å². The molecule has 18 heavy (non-hydrogen) atoms. The highest BCUT2D eigenvalue weighted by molar-refractivity contribution is 9.10. The second-order valence-corrected chi connectivity index (χ2v) is 6.52. The number of aromatic amines is 1. The highest BCUT2D eigenvalue weighted by atomic mass is 79.9. The maximum atomic E-state index is 12.0. The molecule has 2 N–H and O–H groups in total. The van der Waals surface area contributed by atoms with Gasteiger partial charge in [-0.25, -0.2) is 0 Å². The van der Waals surface area contributed by atoms with Crippen molar-refractivity contribution in [3.8, 4) is 0 Å². The first-order chi connectivity index (χ1) is 8.40. The summed E-state index contributed by atoms with van der Waals surface area (Å²) >= 11 is 9.25. The number of halogens is 2. The number of sulfonamides is 1. The lowest BCUT2D eigenvalue weighted by atomic mass is 10.2. The summed E-state index contributed by atoms with van der Waals surface area (Å²) in [6.07, 6.45) is 1.37. The van der Waals surface area contributed by atoms with Crippen molar-refractivity contribution in [3.05, 3.63) is 39.5 Å². The molecule has 0 unspecified atom stereocenters. The number of nitrogens with one attached hydrogen (secondary N) is 2. The minimum absolute atomic E-state index is 0.00824. The van der Waals surface area contributed by atoms with E-state index in [1.54, 1.807) is 12.1 Å². The van der Waals surface area contributed by atoms with Gasteiger partial charge >= 0.3 is 0 Å². The molecular weight excluding hydrogens is 342 g/mol. The Labute approximate surface area is 118 Å². The van der Waals surface area contributed by atoms with Crippen LogP contribution in [0.15, 0.2) is 33.9 Å². The largest absolute Gasteiger partial charge is 0.278 e. The van der Waals surface area contributed by atoms with Crippen LogP contribution >= 0.6 is 27.5 Å². The van der Waals surface area contributed by atoms with Gasteiger partial charge in [0.05, 0.1) is 11.9 Å². The predicted molar refractivity (Wildman–Crippen MR) is 73.3 cm³/mol. The van der Waals surface area contributed by atoms with Crippen molar-refractivity contribution in [2.45, 2.75) is 11.9 Å². The zero-order valence-electron chi connectivity index (χ0n) is 9.24. The summed E-state index contributed by atoms with van der Waals surface area (Å²) in [4.78, 5) is 0. The average Bonchev–Trinajstić information content (AvgIpc) is 2.79. The maximum Gasteiger partial charge on any atom is 0.278 e. The molecule has 2 rings (SSSR count). The van der Waals surface area contributed by atoms with E-state index >= 15 is 0 Å². The van der Waals surface area contributed by atoms with Gasteiger partial charge < -0.3 is 0 Å². The summed E-state index contributed by atoms with van der Waals surface area (Å²) in [5.41, 5.74) is 1.23. The molecule has 1 heterocycles. The van der Waals surface area contributed by atoms with E-state index in [0.29, 0.717) is 15.2 Å². The standard InChI is InChI=1S/C10H9BrClN3O2S/c1-6-4-7(11)9(5-8(6)12)15-18(16,17)10-2-3-13-14-10/h2-5,15H,1H3,(H,13,14). The van der Waals surface area contributed by atoms with Gasteiger partial charge in [-0.1, -0.05) is 11.6 Å². The molecule has 2 aromatic rings. The summed E-state index contributed by atoms with van der Waals surface area (Å²) in [5, 5.41) is 6.47. The van der Waals surface area contributed by atoms with Gasteiger partial charge in [-0.3, -0.25) is 9.82 Å². The fourth-order valence-corrected chi connectivity index (χ4v) is 3.15. The highest BCUT2D eigenvalue weighted by Gasteiger charge is 2.17. The summed E-state index contributed by atoms with van der Waals surface area (Å²) < 4.78 is 27.0. The fraction of sp³-hybridized carbons (Fsp3) is 0.100. The van der Waals surface area contributed by atoms with Crippen molar-refractivity contribution in [2.75, 3.05) is 4.72 Å². The molecule has 0 saturated carbocycles. The molecule has 0 aliphatic rings. The topological polar surface area (TPSA) is 74.8 Å². The Morgan fingerprint density at radius 1 is 1.44 bits per heavy atom. The lowest BCUT2D eigenvalue weighted by Gasteiger charge is -2.10. The third-order valence-corrected chi connectivity index (χ3v) is 4.62. The van der Waals surface area contributed by atoms with Gasteiger partial charge in [-0.15, -0.1) is 0 Å². The van der Waals surface area contributed by atoms with Crippen LogP contribution in [0.3, 0.4) is 0 Å². The number of nitrogens with zero attached hydrogens (tertiary/aromatic N) is 1. The molecule has 1 aromatic heterocycles. The third-order valence-electron chi connectivity index (χ3n) is 2.26. The van der Waals surface area contributed by atoms with Crippen LogP contribution in [-0.2, 0) is 10.0 Å². The smallest absolute Gasteiger partial charge is 0.277 e. The van der Waals surface area contributed by atoms with Gasteiger partial charge in [-0.2, -0.15) is 13.5 Å². The van der Waals surface area contributed by atoms with Gasteiger partial charge in [0.1, 0.15) is 0 Å². The van der Waals surface area contributed by atoms with Crippen LogP contribution < -0.4 is 4.72 Å². The molecule has 0 aliphatic heterocycles.